The van der Waals surface area contributed by atoms with Gasteiger partial charge in [0.15, 0.2) is 6.10 Å². The van der Waals surface area contributed by atoms with E-state index in [1.807, 2.05) is 25.1 Å². The van der Waals surface area contributed by atoms with Gasteiger partial charge in [-0.05, 0) is 51.1 Å². The molecule has 0 saturated carbocycles. The number of benzene rings is 2. The van der Waals surface area contributed by atoms with E-state index in [1.165, 1.54) is 16.1 Å². The summed E-state index contributed by atoms with van der Waals surface area (Å²) in [6, 6.07) is 15.8. The summed E-state index contributed by atoms with van der Waals surface area (Å²) < 4.78 is 32.4. The molecule has 34 heavy (non-hydrogen) atoms. The van der Waals surface area contributed by atoms with Gasteiger partial charge in [-0.1, -0.05) is 29.8 Å². The second-order valence-electron chi connectivity index (χ2n) is 8.41. The van der Waals surface area contributed by atoms with Crippen LogP contribution in [0.15, 0.2) is 59.5 Å². The molecule has 1 aliphatic heterocycles. The Kier molecular flexibility index (Phi) is 6.67. The van der Waals surface area contributed by atoms with Crippen molar-refractivity contribution >= 4 is 32.8 Å². The number of aromatic nitrogens is 1. The molecule has 178 valence electrons. The number of carbonyl (C=O) groups is 2. The average Bonchev–Trinajstić information content (AvgIpc) is 2.84. The predicted octanol–water partition coefficient (Wildman–Crippen LogP) is 2.93. The van der Waals surface area contributed by atoms with Crippen LogP contribution in [0.3, 0.4) is 0 Å². The molecule has 1 atom stereocenters. The first kappa shape index (κ1) is 23.8. The number of fused-ring (bicyclic) bond motifs is 1. The Morgan fingerprint density at radius 1 is 0.971 bits per heavy atom. The third-order valence-corrected chi connectivity index (χ3v) is 7.86. The summed E-state index contributed by atoms with van der Waals surface area (Å²) in [6.07, 6.45) is -1.00. The Balaban J connectivity index is 1.39. The third-order valence-electron chi connectivity index (χ3n) is 5.94. The lowest BCUT2D eigenvalue weighted by Gasteiger charge is -2.35. The van der Waals surface area contributed by atoms with Gasteiger partial charge in [-0.3, -0.25) is 9.78 Å². The van der Waals surface area contributed by atoms with Gasteiger partial charge in [0.25, 0.3) is 5.91 Å². The number of hydrogen-bond acceptors (Lipinski definition) is 6. The van der Waals surface area contributed by atoms with Crippen LogP contribution in [0.1, 0.15) is 28.5 Å². The molecule has 1 fully saturated rings. The predicted molar refractivity (Wildman–Crippen MR) is 128 cm³/mol. The smallest absolute Gasteiger partial charge is 0.340 e. The highest BCUT2D eigenvalue weighted by Crippen LogP contribution is 2.21. The zero-order chi connectivity index (χ0) is 24.5. The number of pyridine rings is 1. The summed E-state index contributed by atoms with van der Waals surface area (Å²) >= 11 is 0. The van der Waals surface area contributed by atoms with Crippen molar-refractivity contribution in [3.8, 4) is 0 Å². The highest BCUT2D eigenvalue weighted by molar-refractivity contribution is 7.89. The first-order valence-electron chi connectivity index (χ1n) is 11.1. The Hall–Kier alpha value is -3.30. The molecule has 3 aromatic rings. The molecule has 2 aromatic carbocycles. The van der Waals surface area contributed by atoms with Gasteiger partial charge in [-0.15, -0.1) is 0 Å². The minimum atomic E-state index is -3.61. The Morgan fingerprint density at radius 2 is 1.65 bits per heavy atom. The van der Waals surface area contributed by atoms with Crippen molar-refractivity contribution in [1.29, 1.82) is 0 Å². The van der Waals surface area contributed by atoms with Crippen LogP contribution in [0.2, 0.25) is 0 Å². The van der Waals surface area contributed by atoms with Gasteiger partial charge in [-0.2, -0.15) is 4.31 Å². The van der Waals surface area contributed by atoms with Gasteiger partial charge in [0.2, 0.25) is 10.0 Å². The van der Waals surface area contributed by atoms with Gasteiger partial charge in [0.05, 0.1) is 21.7 Å². The number of ether oxygens (including phenoxy) is 1. The van der Waals surface area contributed by atoms with E-state index in [4.69, 9.17) is 4.74 Å². The molecule has 0 unspecified atom stereocenters. The number of sulfonamides is 1. The highest BCUT2D eigenvalue weighted by Gasteiger charge is 2.32. The van der Waals surface area contributed by atoms with E-state index >= 15 is 0 Å². The first-order valence-corrected chi connectivity index (χ1v) is 12.5. The topological polar surface area (TPSA) is 96.9 Å². The summed E-state index contributed by atoms with van der Waals surface area (Å²) in [5.74, 6) is -0.966. The summed E-state index contributed by atoms with van der Waals surface area (Å²) in [4.78, 5) is 31.9. The molecule has 1 aliphatic rings. The van der Waals surface area contributed by atoms with Crippen LogP contribution in [0.25, 0.3) is 10.9 Å². The van der Waals surface area contributed by atoms with Gasteiger partial charge in [0, 0.05) is 31.6 Å². The molecule has 9 heteroatoms. The van der Waals surface area contributed by atoms with E-state index in [0.29, 0.717) is 11.3 Å². The zero-order valence-electron chi connectivity index (χ0n) is 19.4. The standard InChI is InChI=1S/C25H27N3O5S/c1-17-9-10-23-20(15-17)16-22(18(2)26-23)25(30)33-19(3)24(29)27-11-13-28(14-12-27)34(31,32)21-7-5-4-6-8-21/h4-10,15-16,19H,11-14H2,1-3H3/t19-/m1/s1. The maximum Gasteiger partial charge on any atom is 0.340 e. The van der Waals surface area contributed by atoms with Crippen molar-refractivity contribution in [2.75, 3.05) is 26.2 Å². The van der Waals surface area contributed by atoms with Crippen LogP contribution in [-0.2, 0) is 19.6 Å². The second kappa shape index (κ2) is 9.52. The Bertz CT molecular complexity index is 1330. The van der Waals surface area contributed by atoms with Crippen LogP contribution in [0.4, 0.5) is 0 Å². The van der Waals surface area contributed by atoms with Gasteiger partial charge in [0.1, 0.15) is 0 Å². The summed E-state index contributed by atoms with van der Waals surface area (Å²) in [7, 11) is -3.61. The zero-order valence-corrected chi connectivity index (χ0v) is 20.2. The van der Waals surface area contributed by atoms with Crippen LogP contribution in [0.5, 0.6) is 0 Å². The number of esters is 1. The lowest BCUT2D eigenvalue weighted by atomic mass is 10.1. The fourth-order valence-corrected chi connectivity index (χ4v) is 5.46. The van der Waals surface area contributed by atoms with Crippen LogP contribution in [-0.4, -0.2) is 66.8 Å². The summed E-state index contributed by atoms with van der Waals surface area (Å²) in [5, 5.41) is 0.826. The molecule has 0 bridgehead atoms. The number of nitrogens with zero attached hydrogens (tertiary/aromatic N) is 3. The van der Waals surface area contributed by atoms with Crippen molar-refractivity contribution in [1.82, 2.24) is 14.2 Å². The highest BCUT2D eigenvalue weighted by atomic mass is 32.2. The number of aryl methyl sites for hydroxylation is 2. The molecule has 1 amide bonds. The van der Waals surface area contributed by atoms with E-state index < -0.39 is 22.1 Å². The van der Waals surface area contributed by atoms with Crippen molar-refractivity contribution in [2.45, 2.75) is 31.8 Å². The second-order valence-corrected chi connectivity index (χ2v) is 10.3. The van der Waals surface area contributed by atoms with Gasteiger partial charge in [-0.25, -0.2) is 13.2 Å². The quantitative estimate of drug-likeness (QED) is 0.520. The maximum absolute atomic E-state index is 12.9. The molecule has 4 rings (SSSR count). The van der Waals surface area contributed by atoms with Crippen molar-refractivity contribution in [3.05, 3.63) is 71.4 Å². The number of amides is 1. The molecule has 0 N–H and O–H groups in total. The maximum atomic E-state index is 12.9. The van der Waals surface area contributed by atoms with E-state index in [1.54, 1.807) is 43.3 Å². The molecule has 1 saturated heterocycles. The van der Waals surface area contributed by atoms with Crippen LogP contribution in [0, 0.1) is 13.8 Å². The molecular weight excluding hydrogens is 454 g/mol. The average molecular weight is 482 g/mol. The number of carbonyl (C=O) groups excluding carboxylic acids is 2. The van der Waals surface area contributed by atoms with Crippen LogP contribution < -0.4 is 0 Å². The van der Waals surface area contributed by atoms with Crippen molar-refractivity contribution in [3.63, 3.8) is 0 Å². The van der Waals surface area contributed by atoms with Crippen molar-refractivity contribution in [2.24, 2.45) is 0 Å². The first-order chi connectivity index (χ1) is 16.2. The van der Waals surface area contributed by atoms with Gasteiger partial charge >= 0.3 is 5.97 Å². The minimum absolute atomic E-state index is 0.177. The molecular formula is C25H27N3O5S. The molecule has 0 aliphatic carbocycles. The van der Waals surface area contributed by atoms with E-state index in [-0.39, 0.29) is 37.0 Å². The van der Waals surface area contributed by atoms with Crippen molar-refractivity contribution < 1.29 is 22.7 Å². The monoisotopic (exact) mass is 481 g/mol. The van der Waals surface area contributed by atoms with E-state index in [9.17, 15) is 18.0 Å². The fraction of sp³-hybridized carbons (Fsp3) is 0.320. The van der Waals surface area contributed by atoms with E-state index in [2.05, 4.69) is 4.98 Å². The largest absolute Gasteiger partial charge is 0.449 e. The molecule has 2 heterocycles. The van der Waals surface area contributed by atoms with Gasteiger partial charge < -0.3 is 9.64 Å². The lowest BCUT2D eigenvalue weighted by Crippen LogP contribution is -2.52. The molecule has 1 aromatic heterocycles. The summed E-state index contributed by atoms with van der Waals surface area (Å²) in [5.41, 5.74) is 2.68. The SMILES string of the molecule is Cc1ccc2nc(C)c(C(=O)O[C@H](C)C(=O)N3CCN(S(=O)(=O)c4ccccc4)CC3)cc2c1. The fourth-order valence-electron chi connectivity index (χ4n) is 4.02. The molecule has 0 radical (unpaired) electrons. The molecule has 8 nitrogen and oxygen atoms in total. The normalized spacial score (nSPS) is 15.8. The summed E-state index contributed by atoms with van der Waals surface area (Å²) in [6.45, 7) is 6.03. The number of piperazine rings is 1. The van der Waals surface area contributed by atoms with Crippen LogP contribution >= 0.6 is 0 Å². The Labute approximate surface area is 199 Å². The van der Waals surface area contributed by atoms with E-state index in [0.717, 1.165) is 16.5 Å². The molecule has 0 spiro atoms. The number of hydrogen-bond donors (Lipinski definition) is 0. The minimum Gasteiger partial charge on any atom is -0.449 e. The third kappa shape index (κ3) is 4.80. The lowest BCUT2D eigenvalue weighted by molar-refractivity contribution is -0.141. The Morgan fingerprint density at radius 3 is 2.32 bits per heavy atom. The number of rotatable bonds is 5.